The zero-order chi connectivity index (χ0) is 15.5. The average molecular weight is 326 g/mol. The number of nitrogens with one attached hydrogen (secondary N) is 1. The molecule has 114 valence electrons. The summed E-state index contributed by atoms with van der Waals surface area (Å²) in [6, 6.07) is 7.18. The molecule has 1 unspecified atom stereocenters. The van der Waals surface area contributed by atoms with Crippen LogP contribution in [0.1, 0.15) is 30.4 Å². The number of nitrogens with two attached hydrogens (primary N) is 1. The fourth-order valence-corrected chi connectivity index (χ4v) is 4.30. The topological polar surface area (TPSA) is 89.3 Å². The Morgan fingerprint density at radius 2 is 1.95 bits per heavy atom. The van der Waals surface area contributed by atoms with E-state index in [1.54, 1.807) is 12.1 Å². The van der Waals surface area contributed by atoms with Gasteiger partial charge in [-0.1, -0.05) is 42.9 Å². The molecular weight excluding hydrogens is 308 g/mol. The highest BCUT2D eigenvalue weighted by Gasteiger charge is 2.34. The Bertz CT molecular complexity index is 639. The van der Waals surface area contributed by atoms with Crippen LogP contribution in [0.15, 0.2) is 24.3 Å². The number of carbonyl (C=O) groups excluding carboxylic acids is 1. The predicted octanol–water partition coefficient (Wildman–Crippen LogP) is 0.904. The summed E-state index contributed by atoms with van der Waals surface area (Å²) in [6.45, 7) is 0.294. The third-order valence-electron chi connectivity index (χ3n) is 3.58. The SMILES string of the molecule is NC(=S)c1ccc(CNC(=O)C2CCCCS2(=O)=O)cc1. The van der Waals surface area contributed by atoms with Crippen molar-refractivity contribution in [1.82, 2.24) is 5.32 Å². The van der Waals surface area contributed by atoms with Crippen molar-refractivity contribution in [2.24, 2.45) is 5.73 Å². The van der Waals surface area contributed by atoms with E-state index in [4.69, 9.17) is 18.0 Å². The van der Waals surface area contributed by atoms with E-state index >= 15 is 0 Å². The lowest BCUT2D eigenvalue weighted by Crippen LogP contribution is -2.42. The third-order valence-corrected chi connectivity index (χ3v) is 5.99. The first kappa shape index (κ1) is 15.9. The molecule has 1 fully saturated rings. The number of carbonyl (C=O) groups is 1. The Morgan fingerprint density at radius 1 is 1.29 bits per heavy atom. The molecule has 3 N–H and O–H groups in total. The lowest BCUT2D eigenvalue weighted by atomic mass is 10.1. The minimum Gasteiger partial charge on any atom is -0.389 e. The maximum atomic E-state index is 12.0. The van der Waals surface area contributed by atoms with Crippen LogP contribution >= 0.6 is 12.2 Å². The van der Waals surface area contributed by atoms with Crippen LogP contribution in [0.4, 0.5) is 0 Å². The van der Waals surface area contributed by atoms with E-state index in [0.717, 1.165) is 17.5 Å². The first-order chi connectivity index (χ1) is 9.90. The monoisotopic (exact) mass is 326 g/mol. The van der Waals surface area contributed by atoms with E-state index in [2.05, 4.69) is 5.32 Å². The molecule has 1 aromatic carbocycles. The number of rotatable bonds is 4. The summed E-state index contributed by atoms with van der Waals surface area (Å²) in [5.74, 6) is -0.304. The van der Waals surface area contributed by atoms with Gasteiger partial charge in [0.25, 0.3) is 0 Å². The number of hydrogen-bond acceptors (Lipinski definition) is 4. The summed E-state index contributed by atoms with van der Waals surface area (Å²) in [5.41, 5.74) is 7.14. The number of hydrogen-bond donors (Lipinski definition) is 2. The first-order valence-corrected chi connectivity index (χ1v) is 8.90. The quantitative estimate of drug-likeness (QED) is 0.803. The van der Waals surface area contributed by atoms with Crippen LogP contribution < -0.4 is 11.1 Å². The Labute approximate surface area is 129 Å². The Balaban J connectivity index is 1.96. The maximum Gasteiger partial charge on any atom is 0.238 e. The standard InChI is InChI=1S/C14H18N2O3S2/c15-13(20)11-6-4-10(5-7-11)9-16-14(17)12-3-1-2-8-21(12,18)19/h4-7,12H,1-3,8-9H2,(H2,15,20)(H,16,17). The van der Waals surface area contributed by atoms with Crippen LogP contribution in [0.3, 0.4) is 0 Å². The van der Waals surface area contributed by atoms with Crippen LogP contribution in [-0.4, -0.2) is 30.3 Å². The minimum absolute atomic E-state index is 0.105. The highest BCUT2D eigenvalue weighted by molar-refractivity contribution is 7.92. The number of sulfone groups is 1. The zero-order valence-electron chi connectivity index (χ0n) is 11.5. The molecule has 2 rings (SSSR count). The molecule has 0 saturated carbocycles. The van der Waals surface area contributed by atoms with E-state index < -0.39 is 21.0 Å². The second-order valence-corrected chi connectivity index (χ2v) is 7.87. The number of benzene rings is 1. The normalized spacial score (nSPS) is 20.7. The van der Waals surface area contributed by atoms with Gasteiger partial charge >= 0.3 is 0 Å². The van der Waals surface area contributed by atoms with Crippen molar-refractivity contribution >= 4 is 33.0 Å². The molecule has 5 nitrogen and oxygen atoms in total. The maximum absolute atomic E-state index is 12.0. The van der Waals surface area contributed by atoms with Gasteiger partial charge in [0.2, 0.25) is 5.91 Å². The van der Waals surface area contributed by atoms with Crippen LogP contribution in [0.5, 0.6) is 0 Å². The second kappa shape index (κ2) is 6.53. The predicted molar refractivity (Wildman–Crippen MR) is 85.6 cm³/mol. The molecule has 1 heterocycles. The molecule has 0 bridgehead atoms. The fourth-order valence-electron chi connectivity index (χ4n) is 2.34. The van der Waals surface area contributed by atoms with Crippen LogP contribution in [0, 0.1) is 0 Å². The summed E-state index contributed by atoms with van der Waals surface area (Å²) >= 11 is 4.86. The lowest BCUT2D eigenvalue weighted by Gasteiger charge is -2.21. The summed E-state index contributed by atoms with van der Waals surface area (Å²) in [6.07, 6.45) is 1.83. The van der Waals surface area contributed by atoms with Crippen LogP contribution in [0.25, 0.3) is 0 Å². The van der Waals surface area contributed by atoms with Crippen molar-refractivity contribution < 1.29 is 13.2 Å². The average Bonchev–Trinajstić information content (AvgIpc) is 2.44. The van der Waals surface area contributed by atoms with Crippen molar-refractivity contribution in [3.63, 3.8) is 0 Å². The van der Waals surface area contributed by atoms with Gasteiger partial charge < -0.3 is 11.1 Å². The Morgan fingerprint density at radius 3 is 2.52 bits per heavy atom. The van der Waals surface area contributed by atoms with E-state index in [1.807, 2.05) is 12.1 Å². The van der Waals surface area contributed by atoms with Crippen molar-refractivity contribution in [1.29, 1.82) is 0 Å². The van der Waals surface area contributed by atoms with Gasteiger partial charge in [-0.2, -0.15) is 0 Å². The molecule has 7 heteroatoms. The van der Waals surface area contributed by atoms with Crippen molar-refractivity contribution in [2.45, 2.75) is 31.1 Å². The fraction of sp³-hybridized carbons (Fsp3) is 0.429. The Kier molecular flexibility index (Phi) is 4.95. The smallest absolute Gasteiger partial charge is 0.238 e. The molecular formula is C14H18N2O3S2. The molecule has 0 aliphatic carbocycles. The summed E-state index contributed by atoms with van der Waals surface area (Å²) in [7, 11) is -3.29. The summed E-state index contributed by atoms with van der Waals surface area (Å²) in [5, 5.41) is 1.79. The molecule has 0 aromatic heterocycles. The van der Waals surface area contributed by atoms with E-state index in [-0.39, 0.29) is 5.75 Å². The molecule has 1 saturated heterocycles. The van der Waals surface area contributed by atoms with Crippen LogP contribution in [0.2, 0.25) is 0 Å². The zero-order valence-corrected chi connectivity index (χ0v) is 13.2. The molecule has 21 heavy (non-hydrogen) atoms. The van der Waals surface area contributed by atoms with Gasteiger partial charge in [-0.3, -0.25) is 4.79 Å². The van der Waals surface area contributed by atoms with E-state index in [1.165, 1.54) is 0 Å². The van der Waals surface area contributed by atoms with E-state index in [0.29, 0.717) is 24.4 Å². The van der Waals surface area contributed by atoms with Crippen molar-refractivity contribution in [2.75, 3.05) is 5.75 Å². The molecule has 1 aliphatic rings. The molecule has 1 aromatic rings. The Hall–Kier alpha value is -1.47. The van der Waals surface area contributed by atoms with Gasteiger partial charge in [0.05, 0.1) is 5.75 Å². The van der Waals surface area contributed by atoms with Gasteiger partial charge in [0.1, 0.15) is 10.2 Å². The first-order valence-electron chi connectivity index (χ1n) is 6.78. The van der Waals surface area contributed by atoms with Crippen LogP contribution in [-0.2, 0) is 21.2 Å². The van der Waals surface area contributed by atoms with Crippen molar-refractivity contribution in [3.05, 3.63) is 35.4 Å². The van der Waals surface area contributed by atoms with Crippen molar-refractivity contribution in [3.8, 4) is 0 Å². The molecule has 0 radical (unpaired) electrons. The highest BCUT2D eigenvalue weighted by Crippen LogP contribution is 2.19. The van der Waals surface area contributed by atoms with E-state index in [9.17, 15) is 13.2 Å². The second-order valence-electron chi connectivity index (χ2n) is 5.13. The summed E-state index contributed by atoms with van der Waals surface area (Å²) < 4.78 is 23.7. The summed E-state index contributed by atoms with van der Waals surface area (Å²) in [4.78, 5) is 12.3. The molecule has 1 atom stereocenters. The highest BCUT2D eigenvalue weighted by atomic mass is 32.2. The van der Waals surface area contributed by atoms with Gasteiger partial charge in [-0.25, -0.2) is 8.42 Å². The third kappa shape index (κ3) is 4.01. The molecule has 0 spiro atoms. The number of amides is 1. The largest absolute Gasteiger partial charge is 0.389 e. The van der Waals surface area contributed by atoms with Gasteiger partial charge in [-0.05, 0) is 18.4 Å². The number of thiocarbonyl (C=S) groups is 1. The molecule has 1 amide bonds. The lowest BCUT2D eigenvalue weighted by molar-refractivity contribution is -0.121. The minimum atomic E-state index is -3.29. The molecule has 1 aliphatic heterocycles. The van der Waals surface area contributed by atoms with Gasteiger partial charge in [0.15, 0.2) is 9.84 Å². The van der Waals surface area contributed by atoms with Gasteiger partial charge in [0, 0.05) is 12.1 Å². The van der Waals surface area contributed by atoms with Gasteiger partial charge in [-0.15, -0.1) is 0 Å².